The molecule has 4 aromatic rings. The topological polar surface area (TPSA) is 51.0 Å². The predicted octanol–water partition coefficient (Wildman–Crippen LogP) is 2.12. The van der Waals surface area contributed by atoms with Crippen LogP contribution in [0.2, 0.25) is 0 Å². The van der Waals surface area contributed by atoms with Crippen LogP contribution in [0.15, 0.2) is 54.9 Å². The molecule has 0 radical (unpaired) electrons. The van der Waals surface area contributed by atoms with E-state index in [9.17, 15) is 4.79 Å². The lowest BCUT2D eigenvalue weighted by Gasteiger charge is -2.33. The second-order valence-corrected chi connectivity index (χ2v) is 8.64. The number of nitrogens with zero attached hydrogens (tertiary/aromatic N) is 4. The monoisotopic (exact) mass is 410 g/mol. The summed E-state index contributed by atoms with van der Waals surface area (Å²) in [6.07, 6.45) is 3.64. The summed E-state index contributed by atoms with van der Waals surface area (Å²) in [4.78, 5) is 19.2. The molecule has 5 nitrogen and oxygen atoms in total. The maximum absolute atomic E-state index is 15.4. The standard InChI is InChI=1S/C23H21B2FN4O/c1-13-9-14(15-5-3-7-20-18(15)11-29(2)28-20)10-19(26)17(13)12-30-22(31)16-6-4-8-27-21(16)23(30,24)25/h3-11H,12,24-25H2,1-2H3. The number of hydrogen-bond acceptors (Lipinski definition) is 3. The van der Waals surface area contributed by atoms with E-state index in [1.807, 2.05) is 60.1 Å². The zero-order valence-electron chi connectivity index (χ0n) is 18.0. The van der Waals surface area contributed by atoms with Crippen molar-refractivity contribution in [2.24, 2.45) is 7.05 Å². The molecule has 0 atom stereocenters. The maximum atomic E-state index is 15.4. The molecule has 5 rings (SSSR count). The van der Waals surface area contributed by atoms with Gasteiger partial charge in [-0.1, -0.05) is 18.2 Å². The Hall–Kier alpha value is -3.41. The summed E-state index contributed by atoms with van der Waals surface area (Å²) in [5.41, 5.74) is 5.27. The highest BCUT2D eigenvalue weighted by molar-refractivity contribution is 6.42. The van der Waals surface area contributed by atoms with E-state index in [0.29, 0.717) is 11.1 Å². The van der Waals surface area contributed by atoms with Crippen molar-refractivity contribution in [2.75, 3.05) is 0 Å². The third-order valence-corrected chi connectivity index (χ3v) is 6.25. The van der Waals surface area contributed by atoms with Crippen LogP contribution in [-0.2, 0) is 18.9 Å². The van der Waals surface area contributed by atoms with Gasteiger partial charge in [0.25, 0.3) is 5.91 Å². The van der Waals surface area contributed by atoms with Crippen LogP contribution in [0.1, 0.15) is 27.2 Å². The molecule has 0 bridgehead atoms. The summed E-state index contributed by atoms with van der Waals surface area (Å²) >= 11 is 0. The van der Waals surface area contributed by atoms with Crippen molar-refractivity contribution in [1.82, 2.24) is 19.7 Å². The summed E-state index contributed by atoms with van der Waals surface area (Å²) in [5.74, 6) is -0.431. The van der Waals surface area contributed by atoms with Gasteiger partial charge in [0.1, 0.15) is 21.5 Å². The molecule has 31 heavy (non-hydrogen) atoms. The van der Waals surface area contributed by atoms with Crippen LogP contribution < -0.4 is 0 Å². The molecule has 0 unspecified atom stereocenters. The smallest absolute Gasteiger partial charge is 0.255 e. The first-order chi connectivity index (χ1) is 14.8. The Balaban J connectivity index is 1.55. The molecular weight excluding hydrogens is 389 g/mol. The number of amides is 1. The Labute approximate surface area is 181 Å². The Morgan fingerprint density at radius 1 is 1.13 bits per heavy atom. The molecule has 0 N–H and O–H groups in total. The number of pyridine rings is 1. The fourth-order valence-corrected chi connectivity index (χ4v) is 4.56. The number of rotatable bonds is 3. The number of aryl methyl sites for hydroxylation is 2. The summed E-state index contributed by atoms with van der Waals surface area (Å²) in [6.45, 7) is 2.08. The molecule has 3 heterocycles. The van der Waals surface area contributed by atoms with Crippen molar-refractivity contribution in [3.8, 4) is 11.1 Å². The van der Waals surface area contributed by atoms with Gasteiger partial charge in [-0.2, -0.15) is 5.10 Å². The number of carbonyl (C=O) groups is 1. The van der Waals surface area contributed by atoms with E-state index in [1.165, 1.54) is 0 Å². The molecule has 0 saturated carbocycles. The normalized spacial score (nSPS) is 14.9. The van der Waals surface area contributed by atoms with Crippen LogP contribution in [0.5, 0.6) is 0 Å². The summed E-state index contributed by atoms with van der Waals surface area (Å²) < 4.78 is 17.2. The molecule has 1 aliphatic rings. The minimum atomic E-state index is -0.605. The van der Waals surface area contributed by atoms with Gasteiger partial charge >= 0.3 is 0 Å². The van der Waals surface area contributed by atoms with Gasteiger partial charge in [0.15, 0.2) is 0 Å². The fraction of sp³-hybridized carbons (Fsp3) is 0.174. The minimum absolute atomic E-state index is 0.115. The number of carbonyl (C=O) groups excluding carboxylic acids is 1. The van der Waals surface area contributed by atoms with E-state index >= 15 is 4.39 Å². The lowest BCUT2D eigenvalue weighted by molar-refractivity contribution is 0.0729. The third-order valence-electron chi connectivity index (χ3n) is 6.25. The Morgan fingerprint density at radius 2 is 1.90 bits per heavy atom. The van der Waals surface area contributed by atoms with E-state index < -0.39 is 5.34 Å². The van der Waals surface area contributed by atoms with Crippen LogP contribution in [0.3, 0.4) is 0 Å². The van der Waals surface area contributed by atoms with Gasteiger partial charge in [-0.25, -0.2) is 4.39 Å². The second-order valence-electron chi connectivity index (χ2n) is 8.64. The minimum Gasteiger partial charge on any atom is -0.339 e. The largest absolute Gasteiger partial charge is 0.339 e. The van der Waals surface area contributed by atoms with Crippen molar-refractivity contribution >= 4 is 32.5 Å². The highest BCUT2D eigenvalue weighted by Crippen LogP contribution is 2.36. The van der Waals surface area contributed by atoms with Crippen molar-refractivity contribution in [2.45, 2.75) is 18.8 Å². The van der Waals surface area contributed by atoms with Crippen LogP contribution >= 0.6 is 0 Å². The van der Waals surface area contributed by atoms with Gasteiger partial charge in [-0.3, -0.25) is 14.5 Å². The Bertz CT molecular complexity index is 1340. The number of fused-ring (bicyclic) bond motifs is 2. The van der Waals surface area contributed by atoms with Gasteiger partial charge in [0, 0.05) is 42.3 Å². The second kappa shape index (κ2) is 6.80. The van der Waals surface area contributed by atoms with Crippen LogP contribution in [-0.4, -0.2) is 41.3 Å². The molecule has 1 amide bonds. The van der Waals surface area contributed by atoms with Crippen molar-refractivity contribution < 1.29 is 9.18 Å². The van der Waals surface area contributed by atoms with Gasteiger partial charge < -0.3 is 4.90 Å². The van der Waals surface area contributed by atoms with Crippen LogP contribution in [0.25, 0.3) is 22.0 Å². The first-order valence-corrected chi connectivity index (χ1v) is 10.3. The first kappa shape index (κ1) is 19.5. The zero-order valence-corrected chi connectivity index (χ0v) is 18.0. The zero-order chi connectivity index (χ0) is 21.9. The average molecular weight is 410 g/mol. The maximum Gasteiger partial charge on any atom is 0.255 e. The lowest BCUT2D eigenvalue weighted by Crippen LogP contribution is -2.45. The van der Waals surface area contributed by atoms with E-state index in [4.69, 9.17) is 0 Å². The van der Waals surface area contributed by atoms with E-state index in [-0.39, 0.29) is 18.3 Å². The van der Waals surface area contributed by atoms with Gasteiger partial charge in [-0.05, 0) is 47.9 Å². The highest BCUT2D eigenvalue weighted by atomic mass is 19.1. The molecule has 1 aliphatic heterocycles. The number of halogens is 1. The van der Waals surface area contributed by atoms with Gasteiger partial charge in [0.2, 0.25) is 0 Å². The molecule has 2 aromatic carbocycles. The molecule has 0 saturated heterocycles. The first-order valence-electron chi connectivity index (χ1n) is 10.3. The fourth-order valence-electron chi connectivity index (χ4n) is 4.56. The third kappa shape index (κ3) is 2.97. The molecular formula is C23H21B2FN4O. The van der Waals surface area contributed by atoms with Gasteiger partial charge in [0.05, 0.1) is 16.8 Å². The van der Waals surface area contributed by atoms with Crippen LogP contribution in [0.4, 0.5) is 4.39 Å². The predicted molar refractivity (Wildman–Crippen MR) is 124 cm³/mol. The van der Waals surface area contributed by atoms with Crippen molar-refractivity contribution in [3.05, 3.63) is 83.1 Å². The summed E-state index contributed by atoms with van der Waals surface area (Å²) in [5, 5.41) is 4.82. The Kier molecular flexibility index (Phi) is 4.29. The van der Waals surface area contributed by atoms with E-state index in [0.717, 1.165) is 33.3 Å². The summed E-state index contributed by atoms with van der Waals surface area (Å²) in [7, 11) is 5.78. The number of aromatic nitrogens is 3. The molecule has 0 fully saturated rings. The van der Waals surface area contributed by atoms with Crippen molar-refractivity contribution in [1.29, 1.82) is 0 Å². The molecule has 0 aliphatic carbocycles. The Morgan fingerprint density at radius 3 is 2.65 bits per heavy atom. The molecule has 152 valence electrons. The van der Waals surface area contributed by atoms with Crippen LogP contribution in [0, 0.1) is 12.7 Å². The molecule has 2 aromatic heterocycles. The van der Waals surface area contributed by atoms with E-state index in [1.54, 1.807) is 34.0 Å². The molecule has 8 heteroatoms. The highest BCUT2D eigenvalue weighted by Gasteiger charge is 2.43. The number of hydrogen-bond donors (Lipinski definition) is 0. The average Bonchev–Trinajstić information content (AvgIpc) is 3.20. The van der Waals surface area contributed by atoms with Crippen molar-refractivity contribution in [3.63, 3.8) is 0 Å². The van der Waals surface area contributed by atoms with E-state index in [2.05, 4.69) is 10.1 Å². The van der Waals surface area contributed by atoms with Gasteiger partial charge in [-0.15, -0.1) is 0 Å². The number of benzene rings is 2. The summed E-state index contributed by atoms with van der Waals surface area (Å²) in [6, 6.07) is 12.9. The quantitative estimate of drug-likeness (QED) is 0.487. The molecule has 0 spiro atoms. The lowest BCUT2D eigenvalue weighted by atomic mass is 9.59. The SMILES string of the molecule is BC1(B)c2ncccc2C(=O)N1Cc1c(C)cc(-c2cccc3nn(C)cc23)cc1F.